The number of sulfone groups is 1. The molecule has 6 heteroatoms. The molecular formula is C7H9BrN2O2S. The lowest BCUT2D eigenvalue weighted by Crippen LogP contribution is -2.18. The monoisotopic (exact) mass is 264 g/mol. The minimum atomic E-state index is -2.90. The van der Waals surface area contributed by atoms with Crippen LogP contribution in [0.3, 0.4) is 0 Å². The average Bonchev–Trinajstić information content (AvgIpc) is 2.25. The Labute approximate surface area is 85.0 Å². The molecule has 0 saturated heterocycles. The molecule has 0 bridgehead atoms. The van der Waals surface area contributed by atoms with Gasteiger partial charge < -0.3 is 0 Å². The molecule has 0 saturated carbocycles. The van der Waals surface area contributed by atoms with Gasteiger partial charge in [0.25, 0.3) is 0 Å². The number of fused-ring (bicyclic) bond motifs is 1. The average molecular weight is 265 g/mol. The van der Waals surface area contributed by atoms with E-state index in [0.717, 1.165) is 10.2 Å². The Bertz CT molecular complexity index is 449. The van der Waals surface area contributed by atoms with Crippen LogP contribution >= 0.6 is 15.9 Å². The smallest absolute Gasteiger partial charge is 0.156 e. The van der Waals surface area contributed by atoms with Gasteiger partial charge in [0.2, 0.25) is 0 Å². The van der Waals surface area contributed by atoms with E-state index < -0.39 is 9.84 Å². The maximum Gasteiger partial charge on any atom is 0.156 e. The molecule has 1 aromatic heterocycles. The highest BCUT2D eigenvalue weighted by atomic mass is 79.9. The minimum Gasteiger partial charge on any atom is -0.261 e. The summed E-state index contributed by atoms with van der Waals surface area (Å²) < 4.78 is 25.1. The van der Waals surface area contributed by atoms with Gasteiger partial charge in [0, 0.05) is 12.6 Å². The van der Waals surface area contributed by atoms with Crippen LogP contribution in [0.2, 0.25) is 0 Å². The van der Waals surface area contributed by atoms with Crippen LogP contribution in [-0.4, -0.2) is 24.0 Å². The van der Waals surface area contributed by atoms with Gasteiger partial charge in [0.15, 0.2) is 9.84 Å². The first-order valence-corrected chi connectivity index (χ1v) is 6.52. The lowest BCUT2D eigenvalue weighted by atomic mass is 10.2. The normalized spacial score (nSPS) is 19.8. The Hall–Kier alpha value is -0.360. The van der Waals surface area contributed by atoms with Crippen LogP contribution in [-0.2, 0) is 29.1 Å². The predicted molar refractivity (Wildman–Crippen MR) is 52.1 cm³/mol. The highest BCUT2D eigenvalue weighted by Crippen LogP contribution is 2.26. The van der Waals surface area contributed by atoms with Crippen LogP contribution in [0.1, 0.15) is 11.3 Å². The van der Waals surface area contributed by atoms with Gasteiger partial charge in [-0.1, -0.05) is 0 Å². The highest BCUT2D eigenvalue weighted by Gasteiger charge is 2.26. The molecule has 0 aromatic carbocycles. The summed E-state index contributed by atoms with van der Waals surface area (Å²) >= 11 is 3.38. The van der Waals surface area contributed by atoms with Crippen LogP contribution in [0.5, 0.6) is 0 Å². The summed E-state index contributed by atoms with van der Waals surface area (Å²) in [5.41, 5.74) is 1.73. The van der Waals surface area contributed by atoms with Crippen molar-refractivity contribution in [2.75, 3.05) is 5.75 Å². The fourth-order valence-electron chi connectivity index (χ4n) is 1.50. The standard InChI is InChI=1S/C7H9BrN2O2S/c1-10-7(8)5-2-3-13(11,12)4-6(5)9-10/h2-4H2,1H3. The highest BCUT2D eigenvalue weighted by molar-refractivity contribution is 9.10. The molecule has 2 rings (SSSR count). The molecule has 0 atom stereocenters. The summed E-state index contributed by atoms with van der Waals surface area (Å²) in [4.78, 5) is 0. The molecule has 1 aromatic rings. The van der Waals surface area contributed by atoms with Crippen molar-refractivity contribution in [1.29, 1.82) is 0 Å². The summed E-state index contributed by atoms with van der Waals surface area (Å²) in [6.45, 7) is 0. The lowest BCUT2D eigenvalue weighted by molar-refractivity contribution is 0.590. The van der Waals surface area contributed by atoms with Crippen molar-refractivity contribution in [2.24, 2.45) is 7.05 Å². The molecule has 13 heavy (non-hydrogen) atoms. The topological polar surface area (TPSA) is 52.0 Å². The van der Waals surface area contributed by atoms with E-state index in [1.165, 1.54) is 0 Å². The molecular weight excluding hydrogens is 256 g/mol. The van der Waals surface area contributed by atoms with Crippen molar-refractivity contribution in [3.05, 3.63) is 15.9 Å². The van der Waals surface area contributed by atoms with Crippen molar-refractivity contribution in [3.63, 3.8) is 0 Å². The summed E-state index contributed by atoms with van der Waals surface area (Å²) in [5, 5.41) is 4.14. The zero-order valence-corrected chi connectivity index (χ0v) is 9.52. The van der Waals surface area contributed by atoms with E-state index in [-0.39, 0.29) is 11.5 Å². The number of nitrogens with zero attached hydrogens (tertiary/aromatic N) is 2. The third kappa shape index (κ3) is 1.52. The number of rotatable bonds is 0. The number of aromatic nitrogens is 2. The van der Waals surface area contributed by atoms with Gasteiger partial charge in [-0.15, -0.1) is 0 Å². The van der Waals surface area contributed by atoms with Gasteiger partial charge in [-0.2, -0.15) is 5.10 Å². The fraction of sp³-hybridized carbons (Fsp3) is 0.571. The first kappa shape index (κ1) is 9.21. The Morgan fingerprint density at radius 2 is 2.23 bits per heavy atom. The summed E-state index contributed by atoms with van der Waals surface area (Å²) in [5.74, 6) is 0.325. The Kier molecular flexibility index (Phi) is 1.99. The van der Waals surface area contributed by atoms with Crippen LogP contribution in [0.25, 0.3) is 0 Å². The van der Waals surface area contributed by atoms with Crippen LogP contribution < -0.4 is 0 Å². The van der Waals surface area contributed by atoms with Crippen molar-refractivity contribution in [2.45, 2.75) is 12.2 Å². The van der Waals surface area contributed by atoms with E-state index in [1.54, 1.807) is 11.7 Å². The molecule has 0 spiro atoms. The fourth-order valence-corrected chi connectivity index (χ4v) is 3.32. The lowest BCUT2D eigenvalue weighted by Gasteiger charge is -2.09. The largest absolute Gasteiger partial charge is 0.261 e. The molecule has 2 heterocycles. The number of aryl methyl sites for hydroxylation is 1. The summed E-state index contributed by atoms with van der Waals surface area (Å²) in [6, 6.07) is 0. The molecule has 0 unspecified atom stereocenters. The third-order valence-electron chi connectivity index (χ3n) is 2.17. The van der Waals surface area contributed by atoms with Crippen LogP contribution in [0.15, 0.2) is 4.60 Å². The van der Waals surface area contributed by atoms with E-state index in [0.29, 0.717) is 12.1 Å². The molecule has 0 amide bonds. The van der Waals surface area contributed by atoms with Gasteiger partial charge in [-0.3, -0.25) is 4.68 Å². The van der Waals surface area contributed by atoms with E-state index in [9.17, 15) is 8.42 Å². The van der Waals surface area contributed by atoms with E-state index in [1.807, 2.05) is 0 Å². The van der Waals surface area contributed by atoms with Crippen LogP contribution in [0.4, 0.5) is 0 Å². The molecule has 4 nitrogen and oxygen atoms in total. The SMILES string of the molecule is Cn1nc2c(c1Br)CCS(=O)(=O)C2. The van der Waals surface area contributed by atoms with E-state index in [2.05, 4.69) is 21.0 Å². The molecule has 0 radical (unpaired) electrons. The van der Waals surface area contributed by atoms with Crippen LogP contribution in [0, 0.1) is 0 Å². The summed E-state index contributed by atoms with van der Waals surface area (Å²) in [7, 11) is -1.10. The molecule has 72 valence electrons. The van der Waals surface area contributed by atoms with Crippen molar-refractivity contribution in [3.8, 4) is 0 Å². The predicted octanol–water partition coefficient (Wildman–Crippen LogP) is 0.654. The minimum absolute atomic E-state index is 0.0851. The Morgan fingerprint density at radius 1 is 1.54 bits per heavy atom. The second kappa shape index (κ2) is 2.81. The van der Waals surface area contributed by atoms with E-state index in [4.69, 9.17) is 0 Å². The second-order valence-electron chi connectivity index (χ2n) is 3.18. The quantitative estimate of drug-likeness (QED) is 0.692. The van der Waals surface area contributed by atoms with Gasteiger partial charge in [0.1, 0.15) is 4.60 Å². The zero-order valence-electron chi connectivity index (χ0n) is 7.12. The maximum atomic E-state index is 11.3. The third-order valence-corrected chi connectivity index (χ3v) is 4.70. The molecule has 1 aliphatic rings. The molecule has 0 N–H and O–H groups in total. The van der Waals surface area contributed by atoms with Gasteiger partial charge in [-0.25, -0.2) is 8.42 Å². The Balaban J connectivity index is 2.54. The maximum absolute atomic E-state index is 11.3. The molecule has 0 aliphatic carbocycles. The van der Waals surface area contributed by atoms with Crippen molar-refractivity contribution >= 4 is 25.8 Å². The Morgan fingerprint density at radius 3 is 2.92 bits per heavy atom. The number of hydrogen-bond acceptors (Lipinski definition) is 3. The summed E-state index contributed by atoms with van der Waals surface area (Å²) in [6.07, 6.45) is 0.575. The zero-order chi connectivity index (χ0) is 9.64. The molecule has 0 fully saturated rings. The van der Waals surface area contributed by atoms with E-state index >= 15 is 0 Å². The van der Waals surface area contributed by atoms with Crippen molar-refractivity contribution < 1.29 is 8.42 Å². The number of halogens is 1. The van der Waals surface area contributed by atoms with Gasteiger partial charge >= 0.3 is 0 Å². The molecule has 1 aliphatic heterocycles. The van der Waals surface area contributed by atoms with Gasteiger partial charge in [-0.05, 0) is 22.4 Å². The first-order chi connectivity index (χ1) is 5.99. The van der Waals surface area contributed by atoms with Crippen molar-refractivity contribution in [1.82, 2.24) is 9.78 Å². The van der Waals surface area contributed by atoms with Gasteiger partial charge in [0.05, 0.1) is 17.2 Å². The number of hydrogen-bond donors (Lipinski definition) is 0. The second-order valence-corrected chi connectivity index (χ2v) is 6.12. The first-order valence-electron chi connectivity index (χ1n) is 3.90.